The molecule has 2 heterocycles. The summed E-state index contributed by atoms with van der Waals surface area (Å²) in [7, 11) is 0. The zero-order valence-corrected chi connectivity index (χ0v) is 9.16. The normalized spacial score (nSPS) is 20.3. The van der Waals surface area contributed by atoms with Crippen molar-refractivity contribution >= 4 is 27.0 Å². The molecular weight excluding hydrogens is 242 g/mol. The highest BCUT2D eigenvalue weighted by Crippen LogP contribution is 2.29. The lowest BCUT2D eigenvalue weighted by Gasteiger charge is -1.97. The van der Waals surface area contributed by atoms with E-state index in [0.717, 1.165) is 28.8 Å². The lowest BCUT2D eigenvalue weighted by molar-refractivity contribution is 0.685. The first-order valence-corrected chi connectivity index (χ1v) is 5.46. The fourth-order valence-electron chi connectivity index (χ4n) is 2.03. The molecule has 1 unspecified atom stereocenters. The Morgan fingerprint density at radius 3 is 3.21 bits per heavy atom. The Bertz CT molecular complexity index is 503. The van der Waals surface area contributed by atoms with Crippen LogP contribution >= 0.6 is 15.9 Å². The van der Waals surface area contributed by atoms with Crippen LogP contribution in [0.3, 0.4) is 0 Å². The van der Waals surface area contributed by atoms with Crippen molar-refractivity contribution in [2.45, 2.75) is 19.0 Å². The van der Waals surface area contributed by atoms with Gasteiger partial charge in [-0.05, 0) is 24.6 Å². The monoisotopic (exact) mass is 251 g/mol. The number of imidazole rings is 1. The number of hydrogen-bond donors (Lipinski definition) is 1. The number of benzene rings is 1. The summed E-state index contributed by atoms with van der Waals surface area (Å²) in [5.74, 6) is 1.03. The second kappa shape index (κ2) is 2.81. The molecule has 0 spiro atoms. The van der Waals surface area contributed by atoms with Crippen molar-refractivity contribution < 1.29 is 0 Å². The molecule has 1 aliphatic heterocycles. The number of rotatable bonds is 0. The van der Waals surface area contributed by atoms with E-state index in [-0.39, 0.29) is 6.04 Å². The molecule has 0 saturated heterocycles. The van der Waals surface area contributed by atoms with Crippen LogP contribution in [0.1, 0.15) is 18.3 Å². The van der Waals surface area contributed by atoms with Gasteiger partial charge in [0.05, 0.1) is 17.1 Å². The predicted molar refractivity (Wildman–Crippen MR) is 59.0 cm³/mol. The van der Waals surface area contributed by atoms with Gasteiger partial charge >= 0.3 is 0 Å². The predicted octanol–water partition coefficient (Wildman–Crippen LogP) is 2.20. The minimum absolute atomic E-state index is 0.112. The number of nitrogens with zero attached hydrogens (tertiary/aromatic N) is 2. The van der Waals surface area contributed by atoms with Gasteiger partial charge in [0.2, 0.25) is 0 Å². The van der Waals surface area contributed by atoms with Crippen LogP contribution in [0.15, 0.2) is 22.7 Å². The third-order valence-corrected chi connectivity index (χ3v) is 3.23. The van der Waals surface area contributed by atoms with Crippen LogP contribution in [0.4, 0.5) is 0 Å². The van der Waals surface area contributed by atoms with Gasteiger partial charge in [-0.1, -0.05) is 15.9 Å². The summed E-state index contributed by atoms with van der Waals surface area (Å²) in [6.45, 7) is 0.990. The van der Waals surface area contributed by atoms with Crippen molar-refractivity contribution in [2.24, 2.45) is 5.73 Å². The maximum absolute atomic E-state index is 5.95. The standard InChI is InChI=1S/C10H10BrN3/c11-6-1-2-8-9(5-6)14-4-3-7(12)10(14)13-8/h1-2,5,7H,3-4,12H2. The van der Waals surface area contributed by atoms with Gasteiger partial charge in [-0.15, -0.1) is 0 Å². The Labute approximate surface area is 90.0 Å². The van der Waals surface area contributed by atoms with Gasteiger partial charge in [-0.2, -0.15) is 0 Å². The largest absolute Gasteiger partial charge is 0.327 e. The van der Waals surface area contributed by atoms with Crippen molar-refractivity contribution in [1.82, 2.24) is 9.55 Å². The number of fused-ring (bicyclic) bond motifs is 3. The van der Waals surface area contributed by atoms with Crippen LogP contribution in [0, 0.1) is 0 Å². The number of halogens is 1. The second-order valence-electron chi connectivity index (χ2n) is 3.65. The van der Waals surface area contributed by atoms with Crippen molar-refractivity contribution in [3.8, 4) is 0 Å². The van der Waals surface area contributed by atoms with Crippen molar-refractivity contribution in [3.63, 3.8) is 0 Å². The highest BCUT2D eigenvalue weighted by Gasteiger charge is 2.22. The van der Waals surface area contributed by atoms with Crippen LogP contribution in [0.2, 0.25) is 0 Å². The molecule has 1 aromatic carbocycles. The molecule has 0 amide bonds. The molecule has 0 saturated carbocycles. The average molecular weight is 252 g/mol. The Morgan fingerprint density at radius 1 is 1.50 bits per heavy atom. The molecule has 0 fully saturated rings. The van der Waals surface area contributed by atoms with Crippen molar-refractivity contribution in [2.75, 3.05) is 0 Å². The average Bonchev–Trinajstić information content (AvgIpc) is 2.67. The molecule has 0 aliphatic carbocycles. The summed E-state index contributed by atoms with van der Waals surface area (Å²) in [6.07, 6.45) is 1.00. The third-order valence-electron chi connectivity index (χ3n) is 2.74. The van der Waals surface area contributed by atoms with E-state index in [2.05, 4.69) is 31.5 Å². The van der Waals surface area contributed by atoms with Gasteiger partial charge in [0.25, 0.3) is 0 Å². The number of aromatic nitrogens is 2. The molecule has 4 heteroatoms. The molecule has 72 valence electrons. The van der Waals surface area contributed by atoms with Crippen LogP contribution in [-0.4, -0.2) is 9.55 Å². The van der Waals surface area contributed by atoms with Crippen LogP contribution in [0.25, 0.3) is 11.0 Å². The molecular formula is C10H10BrN3. The first kappa shape index (κ1) is 8.44. The zero-order valence-electron chi connectivity index (χ0n) is 7.57. The van der Waals surface area contributed by atoms with Gasteiger partial charge < -0.3 is 10.3 Å². The zero-order chi connectivity index (χ0) is 9.71. The lowest BCUT2D eigenvalue weighted by atomic mass is 10.2. The van der Waals surface area contributed by atoms with Gasteiger partial charge in [-0.25, -0.2) is 4.98 Å². The molecule has 1 aromatic heterocycles. The number of aryl methyl sites for hydroxylation is 1. The molecule has 0 radical (unpaired) electrons. The minimum atomic E-state index is 0.112. The first-order valence-electron chi connectivity index (χ1n) is 4.67. The van der Waals surface area contributed by atoms with Crippen molar-refractivity contribution in [1.29, 1.82) is 0 Å². The Morgan fingerprint density at radius 2 is 2.36 bits per heavy atom. The first-order chi connectivity index (χ1) is 6.75. The number of hydrogen-bond acceptors (Lipinski definition) is 2. The fraction of sp³-hybridized carbons (Fsp3) is 0.300. The minimum Gasteiger partial charge on any atom is -0.327 e. The molecule has 14 heavy (non-hydrogen) atoms. The van der Waals surface area contributed by atoms with Crippen molar-refractivity contribution in [3.05, 3.63) is 28.5 Å². The summed E-state index contributed by atoms with van der Waals surface area (Å²) >= 11 is 3.47. The number of nitrogens with two attached hydrogens (primary N) is 1. The molecule has 2 aromatic rings. The van der Waals surface area contributed by atoms with E-state index in [4.69, 9.17) is 5.73 Å². The molecule has 0 bridgehead atoms. The van der Waals surface area contributed by atoms with Crippen LogP contribution < -0.4 is 5.73 Å². The maximum atomic E-state index is 5.95. The van der Waals surface area contributed by atoms with E-state index in [1.54, 1.807) is 0 Å². The molecule has 1 atom stereocenters. The van der Waals surface area contributed by atoms with Gasteiger partial charge in [0.15, 0.2) is 0 Å². The van der Waals surface area contributed by atoms with Gasteiger partial charge in [-0.3, -0.25) is 0 Å². The quantitative estimate of drug-likeness (QED) is 0.781. The smallest absolute Gasteiger partial charge is 0.126 e. The summed E-state index contributed by atoms with van der Waals surface area (Å²) in [6, 6.07) is 6.25. The molecule has 3 nitrogen and oxygen atoms in total. The van der Waals surface area contributed by atoms with Crippen LogP contribution in [0.5, 0.6) is 0 Å². The van der Waals surface area contributed by atoms with E-state index in [1.807, 2.05) is 12.1 Å². The van der Waals surface area contributed by atoms with Gasteiger partial charge in [0, 0.05) is 11.0 Å². The SMILES string of the molecule is NC1CCn2c1nc1ccc(Br)cc12. The highest BCUT2D eigenvalue weighted by atomic mass is 79.9. The maximum Gasteiger partial charge on any atom is 0.126 e. The van der Waals surface area contributed by atoms with Crippen LogP contribution in [-0.2, 0) is 6.54 Å². The Balaban J connectivity index is 2.36. The topological polar surface area (TPSA) is 43.8 Å². The molecule has 3 rings (SSSR count). The van der Waals surface area contributed by atoms with E-state index in [9.17, 15) is 0 Å². The summed E-state index contributed by atoms with van der Waals surface area (Å²) in [4.78, 5) is 4.53. The summed E-state index contributed by atoms with van der Waals surface area (Å²) in [5, 5.41) is 0. The molecule has 1 aliphatic rings. The highest BCUT2D eigenvalue weighted by molar-refractivity contribution is 9.10. The molecule has 2 N–H and O–H groups in total. The Kier molecular flexibility index (Phi) is 1.69. The Hall–Kier alpha value is -0.870. The van der Waals surface area contributed by atoms with E-state index >= 15 is 0 Å². The third kappa shape index (κ3) is 1.04. The summed E-state index contributed by atoms with van der Waals surface area (Å²) in [5.41, 5.74) is 8.18. The van der Waals surface area contributed by atoms with E-state index < -0.39 is 0 Å². The summed E-state index contributed by atoms with van der Waals surface area (Å²) < 4.78 is 3.30. The van der Waals surface area contributed by atoms with E-state index in [1.165, 1.54) is 5.52 Å². The van der Waals surface area contributed by atoms with Gasteiger partial charge in [0.1, 0.15) is 5.82 Å². The van der Waals surface area contributed by atoms with E-state index in [0.29, 0.717) is 0 Å². The fourth-order valence-corrected chi connectivity index (χ4v) is 2.38. The lowest BCUT2D eigenvalue weighted by Crippen LogP contribution is -2.06. The second-order valence-corrected chi connectivity index (χ2v) is 4.57.